The largest absolute Gasteiger partial charge is 0.353 e. The molecule has 4 saturated carbocycles. The first kappa shape index (κ1) is 19.9. The molecular weight excluding hydrogens is 414 g/mol. The van der Waals surface area contributed by atoms with Crippen molar-refractivity contribution in [3.63, 3.8) is 0 Å². The van der Waals surface area contributed by atoms with Gasteiger partial charge in [-0.15, -0.1) is 0 Å². The van der Waals surface area contributed by atoms with Crippen LogP contribution < -0.4 is 4.90 Å². The van der Waals surface area contributed by atoms with Crippen molar-refractivity contribution in [1.82, 2.24) is 19.8 Å². The van der Waals surface area contributed by atoms with Gasteiger partial charge in [-0.05, 0) is 62.3 Å². The smallest absolute Gasteiger partial charge is 0.233 e. The summed E-state index contributed by atoms with van der Waals surface area (Å²) in [6.45, 7) is 5.39. The van der Waals surface area contributed by atoms with Crippen LogP contribution in [0.3, 0.4) is 0 Å². The number of anilines is 1. The number of hydrogen-bond donors (Lipinski definition) is 0. The van der Waals surface area contributed by atoms with Gasteiger partial charge in [-0.25, -0.2) is 4.98 Å². The molecule has 6 atom stereocenters. The van der Waals surface area contributed by atoms with Crippen molar-refractivity contribution in [1.29, 1.82) is 0 Å². The lowest BCUT2D eigenvalue weighted by atomic mass is 9.59. The third-order valence-electron chi connectivity index (χ3n) is 8.63. The highest BCUT2D eigenvalue weighted by atomic mass is 35.5. The van der Waals surface area contributed by atoms with Gasteiger partial charge in [-0.1, -0.05) is 11.6 Å². The Morgan fingerprint density at radius 2 is 1.52 bits per heavy atom. The predicted octanol–water partition coefficient (Wildman–Crippen LogP) is 2.31. The molecule has 0 aromatic carbocycles. The van der Waals surface area contributed by atoms with Crippen LogP contribution in [0.2, 0.25) is 5.15 Å². The topological polar surface area (TPSA) is 69.6 Å². The minimum absolute atomic E-state index is 0.0256. The normalized spacial score (nSPS) is 36.7. The maximum Gasteiger partial charge on any atom is 0.233 e. The van der Waals surface area contributed by atoms with E-state index in [0.717, 1.165) is 63.2 Å². The molecule has 6 unspecified atom stereocenters. The zero-order chi connectivity index (χ0) is 21.1. The van der Waals surface area contributed by atoms with Gasteiger partial charge in [-0.2, -0.15) is 0 Å². The van der Waals surface area contributed by atoms with E-state index in [-0.39, 0.29) is 23.7 Å². The molecule has 0 radical (unpaired) electrons. The van der Waals surface area contributed by atoms with Gasteiger partial charge in [0.25, 0.3) is 0 Å². The van der Waals surface area contributed by atoms with Crippen LogP contribution in [0.15, 0.2) is 12.4 Å². The van der Waals surface area contributed by atoms with Gasteiger partial charge in [0.15, 0.2) is 0 Å². The van der Waals surface area contributed by atoms with E-state index in [4.69, 9.17) is 11.6 Å². The summed E-state index contributed by atoms with van der Waals surface area (Å²) in [6, 6.07) is 0. The molecule has 4 aliphatic carbocycles. The number of likely N-dealkylation sites (tertiary alicyclic amines) is 1. The third kappa shape index (κ3) is 3.35. The van der Waals surface area contributed by atoms with Gasteiger partial charge in [0.1, 0.15) is 11.0 Å². The highest BCUT2D eigenvalue weighted by Gasteiger charge is 2.68. The van der Waals surface area contributed by atoms with Gasteiger partial charge in [-0.3, -0.25) is 24.4 Å². The van der Waals surface area contributed by atoms with Gasteiger partial charge >= 0.3 is 0 Å². The van der Waals surface area contributed by atoms with E-state index in [1.54, 1.807) is 17.3 Å². The summed E-state index contributed by atoms with van der Waals surface area (Å²) in [5, 5.41) is 0.427. The summed E-state index contributed by atoms with van der Waals surface area (Å²) in [6.07, 6.45) is 8.86. The molecular formula is C23H30ClN5O2. The zero-order valence-corrected chi connectivity index (χ0v) is 18.6. The van der Waals surface area contributed by atoms with E-state index in [2.05, 4.69) is 19.8 Å². The van der Waals surface area contributed by atoms with Crippen molar-refractivity contribution in [2.24, 2.45) is 35.5 Å². The summed E-state index contributed by atoms with van der Waals surface area (Å²) in [7, 11) is 0. The lowest BCUT2D eigenvalue weighted by Gasteiger charge is -2.42. The number of imide groups is 1. The minimum atomic E-state index is 0.0256. The number of halogens is 1. The standard InChI is InChI=1S/C23H30ClN5O2/c24-18-12-25-13-19(26-18)28-9-7-27(8-10-28)5-1-2-6-29-22(30)20-14-3-4-15(17-11-16(14)17)21(20)23(29)31/h12-17,20-21H,1-11H2. The minimum Gasteiger partial charge on any atom is -0.353 e. The Hall–Kier alpha value is -1.73. The van der Waals surface area contributed by atoms with Crippen LogP contribution in [0.25, 0.3) is 0 Å². The Kier molecular flexibility index (Phi) is 4.94. The highest BCUT2D eigenvalue weighted by Crippen LogP contribution is 2.67. The lowest BCUT2D eigenvalue weighted by Crippen LogP contribution is -2.47. The molecule has 3 heterocycles. The number of nitrogens with zero attached hydrogens (tertiary/aromatic N) is 5. The first-order chi connectivity index (χ1) is 15.1. The monoisotopic (exact) mass is 443 g/mol. The summed E-state index contributed by atoms with van der Waals surface area (Å²) < 4.78 is 0. The number of piperazine rings is 1. The average Bonchev–Trinajstić information content (AvgIpc) is 3.57. The number of aromatic nitrogens is 2. The Morgan fingerprint density at radius 3 is 2.16 bits per heavy atom. The quantitative estimate of drug-likeness (QED) is 0.496. The number of amides is 2. The van der Waals surface area contributed by atoms with Gasteiger partial charge < -0.3 is 4.90 Å². The zero-order valence-electron chi connectivity index (χ0n) is 17.8. The summed E-state index contributed by atoms with van der Waals surface area (Å²) in [4.78, 5) is 40.9. The fraction of sp³-hybridized carbons (Fsp3) is 0.739. The Morgan fingerprint density at radius 1 is 0.871 bits per heavy atom. The van der Waals surface area contributed by atoms with Crippen LogP contribution in [-0.4, -0.2) is 70.9 Å². The maximum atomic E-state index is 13.1. The van der Waals surface area contributed by atoms with E-state index < -0.39 is 0 Å². The van der Waals surface area contributed by atoms with Crippen molar-refractivity contribution in [2.75, 3.05) is 44.2 Å². The average molecular weight is 444 g/mol. The number of unbranched alkanes of at least 4 members (excludes halogenated alkanes) is 1. The van der Waals surface area contributed by atoms with Gasteiger partial charge in [0.2, 0.25) is 11.8 Å². The van der Waals surface area contributed by atoms with Crippen molar-refractivity contribution >= 4 is 29.2 Å². The molecule has 6 aliphatic rings. The molecule has 2 amide bonds. The fourth-order valence-corrected chi connectivity index (χ4v) is 7.25. The highest BCUT2D eigenvalue weighted by molar-refractivity contribution is 6.29. The van der Waals surface area contributed by atoms with E-state index in [1.165, 1.54) is 19.3 Å². The van der Waals surface area contributed by atoms with Crippen LogP contribution in [0.5, 0.6) is 0 Å². The second kappa shape index (κ2) is 7.69. The summed E-state index contributed by atoms with van der Waals surface area (Å²) in [5.74, 6) is 3.73. The third-order valence-corrected chi connectivity index (χ3v) is 8.81. The molecule has 7 rings (SSSR count). The van der Waals surface area contributed by atoms with Gasteiger partial charge in [0.05, 0.1) is 24.2 Å². The molecule has 166 valence electrons. The molecule has 6 fully saturated rings. The molecule has 0 spiro atoms. The molecule has 1 aromatic heterocycles. The van der Waals surface area contributed by atoms with Crippen LogP contribution in [0.1, 0.15) is 32.1 Å². The maximum absolute atomic E-state index is 13.1. The van der Waals surface area contributed by atoms with Crippen molar-refractivity contribution < 1.29 is 9.59 Å². The SMILES string of the molecule is O=C1C2C3CCC(C4CC43)C2C(=O)N1CCCCN1CCN(c2cncc(Cl)n2)CC1. The second-order valence-electron chi connectivity index (χ2n) is 10.1. The van der Waals surface area contributed by atoms with E-state index in [0.29, 0.717) is 23.5 Å². The van der Waals surface area contributed by atoms with Crippen molar-refractivity contribution in [3.05, 3.63) is 17.5 Å². The number of carbonyl (C=O) groups is 2. The number of hydrogen-bond acceptors (Lipinski definition) is 6. The molecule has 1 aromatic rings. The molecule has 7 nitrogen and oxygen atoms in total. The van der Waals surface area contributed by atoms with Crippen LogP contribution in [0, 0.1) is 35.5 Å². The summed E-state index contributed by atoms with van der Waals surface area (Å²) >= 11 is 5.96. The van der Waals surface area contributed by atoms with E-state index in [9.17, 15) is 9.59 Å². The van der Waals surface area contributed by atoms with Gasteiger partial charge in [0, 0.05) is 32.7 Å². The van der Waals surface area contributed by atoms with Crippen LogP contribution >= 0.6 is 11.6 Å². The molecule has 2 saturated heterocycles. The second-order valence-corrected chi connectivity index (χ2v) is 10.5. The lowest BCUT2D eigenvalue weighted by molar-refractivity contribution is -0.140. The van der Waals surface area contributed by atoms with E-state index in [1.807, 2.05) is 0 Å². The summed E-state index contributed by atoms with van der Waals surface area (Å²) in [5.41, 5.74) is 0. The molecule has 2 aliphatic heterocycles. The Balaban J connectivity index is 0.968. The van der Waals surface area contributed by atoms with Crippen molar-refractivity contribution in [3.8, 4) is 0 Å². The molecule has 2 bridgehead atoms. The first-order valence-corrected chi connectivity index (χ1v) is 12.3. The fourth-order valence-electron chi connectivity index (χ4n) is 7.11. The molecule has 31 heavy (non-hydrogen) atoms. The first-order valence-electron chi connectivity index (χ1n) is 11.9. The number of carbonyl (C=O) groups excluding carboxylic acids is 2. The molecule has 8 heteroatoms. The number of fused-ring (bicyclic) bond motifs is 1. The molecule has 0 N–H and O–H groups in total. The van der Waals surface area contributed by atoms with Crippen LogP contribution in [-0.2, 0) is 9.59 Å². The van der Waals surface area contributed by atoms with Crippen molar-refractivity contribution in [2.45, 2.75) is 32.1 Å². The number of rotatable bonds is 6. The Labute approximate surface area is 188 Å². The Bertz CT molecular complexity index is 854. The predicted molar refractivity (Wildman–Crippen MR) is 116 cm³/mol. The van der Waals surface area contributed by atoms with E-state index >= 15 is 0 Å². The van der Waals surface area contributed by atoms with Crippen LogP contribution in [0.4, 0.5) is 5.82 Å².